The first-order valence-electron chi connectivity index (χ1n) is 6.36. The van der Waals surface area contributed by atoms with Crippen LogP contribution in [0.15, 0.2) is 18.2 Å². The van der Waals surface area contributed by atoms with Gasteiger partial charge >= 0.3 is 5.69 Å². The smallest absolute Gasteiger partial charge is 0.310 e. The zero-order chi connectivity index (χ0) is 12.7. The van der Waals surface area contributed by atoms with Crippen LogP contribution in [0.2, 0.25) is 5.02 Å². The SMILES string of the molecule is O=[N+]([O-])c1c(Cl)cccc1N(CC1CC1)C1CC1. The standard InChI is InChI=1S/C13H15ClN2O2/c14-11-2-1-3-12(13(11)16(17)18)15(10-6-7-10)8-9-4-5-9/h1-3,9-10H,4-8H2. The highest BCUT2D eigenvalue weighted by Gasteiger charge is 2.37. The Balaban J connectivity index is 1.96. The minimum absolute atomic E-state index is 0.0618. The monoisotopic (exact) mass is 266 g/mol. The van der Waals surface area contributed by atoms with E-state index < -0.39 is 0 Å². The van der Waals surface area contributed by atoms with Crippen LogP contribution in [0.25, 0.3) is 0 Å². The number of para-hydroxylation sites is 1. The molecular formula is C13H15ClN2O2. The maximum atomic E-state index is 11.2. The van der Waals surface area contributed by atoms with E-state index in [1.165, 1.54) is 12.8 Å². The summed E-state index contributed by atoms with van der Waals surface area (Å²) in [5.41, 5.74) is 0.758. The Morgan fingerprint density at radius 2 is 2.06 bits per heavy atom. The second-order valence-electron chi connectivity index (χ2n) is 5.19. The van der Waals surface area contributed by atoms with Crippen molar-refractivity contribution in [3.05, 3.63) is 33.3 Å². The third-order valence-corrected chi connectivity index (χ3v) is 3.90. The molecule has 0 bridgehead atoms. The Kier molecular flexibility index (Phi) is 2.90. The maximum Gasteiger partial charge on any atom is 0.310 e. The Morgan fingerprint density at radius 1 is 1.33 bits per heavy atom. The summed E-state index contributed by atoms with van der Waals surface area (Å²) in [5.74, 6) is 0.712. The van der Waals surface area contributed by atoms with Gasteiger partial charge in [0.05, 0.1) is 4.92 Å². The van der Waals surface area contributed by atoms with Crippen LogP contribution in [0, 0.1) is 16.0 Å². The lowest BCUT2D eigenvalue weighted by molar-refractivity contribution is -0.384. The molecular weight excluding hydrogens is 252 g/mol. The number of nitro groups is 1. The maximum absolute atomic E-state index is 11.2. The molecule has 0 saturated heterocycles. The second kappa shape index (κ2) is 4.43. The molecule has 4 nitrogen and oxygen atoms in total. The average molecular weight is 267 g/mol. The van der Waals surface area contributed by atoms with Crippen molar-refractivity contribution in [3.63, 3.8) is 0 Å². The van der Waals surface area contributed by atoms with Gasteiger partial charge in [0.25, 0.3) is 0 Å². The Morgan fingerprint density at radius 3 is 2.61 bits per heavy atom. The average Bonchev–Trinajstić information content (AvgIpc) is 3.17. The molecule has 0 radical (unpaired) electrons. The molecule has 1 aromatic rings. The van der Waals surface area contributed by atoms with Gasteiger partial charge in [0.15, 0.2) is 0 Å². The molecule has 0 aromatic heterocycles. The van der Waals surface area contributed by atoms with Crippen molar-refractivity contribution in [1.82, 2.24) is 0 Å². The van der Waals surface area contributed by atoms with Crippen LogP contribution < -0.4 is 4.90 Å². The van der Waals surface area contributed by atoms with Crippen LogP contribution in [-0.4, -0.2) is 17.5 Å². The molecule has 0 N–H and O–H groups in total. The van der Waals surface area contributed by atoms with E-state index in [0.717, 1.165) is 19.4 Å². The normalized spacial score (nSPS) is 18.7. The predicted molar refractivity (Wildman–Crippen MR) is 71.2 cm³/mol. The van der Waals surface area contributed by atoms with Gasteiger partial charge in [-0.1, -0.05) is 17.7 Å². The van der Waals surface area contributed by atoms with E-state index in [4.69, 9.17) is 11.6 Å². The molecule has 0 aliphatic heterocycles. The van der Waals surface area contributed by atoms with Crippen molar-refractivity contribution >= 4 is 23.0 Å². The van der Waals surface area contributed by atoms with Crippen LogP contribution in [0.4, 0.5) is 11.4 Å². The van der Waals surface area contributed by atoms with Crippen LogP contribution in [0.3, 0.4) is 0 Å². The van der Waals surface area contributed by atoms with Gasteiger partial charge in [0.1, 0.15) is 10.7 Å². The molecule has 96 valence electrons. The van der Waals surface area contributed by atoms with Gasteiger partial charge in [-0.15, -0.1) is 0 Å². The van der Waals surface area contributed by atoms with Gasteiger partial charge < -0.3 is 4.90 Å². The number of benzene rings is 1. The number of hydrogen-bond donors (Lipinski definition) is 0. The first-order chi connectivity index (χ1) is 8.66. The van der Waals surface area contributed by atoms with Gasteiger partial charge in [0.2, 0.25) is 0 Å². The largest absolute Gasteiger partial charge is 0.363 e. The lowest BCUT2D eigenvalue weighted by Crippen LogP contribution is -2.28. The van der Waals surface area contributed by atoms with Crippen LogP contribution >= 0.6 is 11.6 Å². The first kappa shape index (κ1) is 11.8. The van der Waals surface area contributed by atoms with Gasteiger partial charge in [-0.05, 0) is 43.7 Å². The van der Waals surface area contributed by atoms with Gasteiger partial charge in [0, 0.05) is 12.6 Å². The minimum Gasteiger partial charge on any atom is -0.363 e. The van der Waals surface area contributed by atoms with Crippen LogP contribution in [0.1, 0.15) is 25.7 Å². The minimum atomic E-state index is -0.361. The zero-order valence-corrected chi connectivity index (χ0v) is 10.8. The van der Waals surface area contributed by atoms with E-state index in [1.54, 1.807) is 12.1 Å². The van der Waals surface area contributed by atoms with Crippen molar-refractivity contribution in [2.75, 3.05) is 11.4 Å². The quantitative estimate of drug-likeness (QED) is 0.604. The summed E-state index contributed by atoms with van der Waals surface area (Å²) in [6.07, 6.45) is 4.77. The number of anilines is 1. The van der Waals surface area contributed by atoms with Gasteiger partial charge in [-0.2, -0.15) is 0 Å². The van der Waals surface area contributed by atoms with Gasteiger partial charge in [-0.3, -0.25) is 10.1 Å². The summed E-state index contributed by atoms with van der Waals surface area (Å²) < 4.78 is 0. The predicted octanol–water partition coefficient (Wildman–Crippen LogP) is 3.63. The van der Waals surface area contributed by atoms with Crippen molar-refractivity contribution in [3.8, 4) is 0 Å². The lowest BCUT2D eigenvalue weighted by atomic mass is 10.2. The molecule has 0 heterocycles. The fourth-order valence-corrected chi connectivity index (χ4v) is 2.56. The zero-order valence-electron chi connectivity index (χ0n) is 10.0. The summed E-state index contributed by atoms with van der Waals surface area (Å²) in [6.45, 7) is 0.936. The topological polar surface area (TPSA) is 46.4 Å². The van der Waals surface area contributed by atoms with Gasteiger partial charge in [-0.25, -0.2) is 0 Å². The van der Waals surface area contributed by atoms with E-state index in [2.05, 4.69) is 4.90 Å². The molecule has 2 aliphatic rings. The fraction of sp³-hybridized carbons (Fsp3) is 0.538. The molecule has 1 aromatic carbocycles. The third kappa shape index (κ3) is 2.29. The fourth-order valence-electron chi connectivity index (χ4n) is 2.33. The molecule has 0 atom stereocenters. The molecule has 2 aliphatic carbocycles. The Bertz CT molecular complexity index is 484. The Hall–Kier alpha value is -1.29. The first-order valence-corrected chi connectivity index (χ1v) is 6.74. The number of nitro benzene ring substituents is 1. The van der Waals surface area contributed by atoms with Crippen molar-refractivity contribution in [1.29, 1.82) is 0 Å². The highest BCUT2D eigenvalue weighted by molar-refractivity contribution is 6.33. The van der Waals surface area contributed by atoms with Crippen molar-refractivity contribution in [2.45, 2.75) is 31.7 Å². The number of nitrogens with zero attached hydrogens (tertiary/aromatic N) is 2. The van der Waals surface area contributed by atoms with E-state index in [-0.39, 0.29) is 15.6 Å². The molecule has 0 unspecified atom stereocenters. The molecule has 3 rings (SSSR count). The summed E-state index contributed by atoms with van der Waals surface area (Å²) in [4.78, 5) is 13.0. The molecule has 2 fully saturated rings. The second-order valence-corrected chi connectivity index (χ2v) is 5.60. The molecule has 18 heavy (non-hydrogen) atoms. The Labute approximate surface area is 111 Å². The summed E-state index contributed by atoms with van der Waals surface area (Å²) in [5, 5.41) is 11.4. The van der Waals surface area contributed by atoms with Crippen LogP contribution in [0.5, 0.6) is 0 Å². The number of hydrogen-bond acceptors (Lipinski definition) is 3. The molecule has 0 amide bonds. The molecule has 0 spiro atoms. The van der Waals surface area contributed by atoms with E-state index in [9.17, 15) is 10.1 Å². The summed E-state index contributed by atoms with van der Waals surface area (Å²) in [6, 6.07) is 5.69. The lowest BCUT2D eigenvalue weighted by Gasteiger charge is -2.24. The highest BCUT2D eigenvalue weighted by atomic mass is 35.5. The van der Waals surface area contributed by atoms with E-state index in [1.807, 2.05) is 6.07 Å². The summed E-state index contributed by atoms with van der Waals surface area (Å²) in [7, 11) is 0. The number of rotatable bonds is 5. The molecule has 5 heteroatoms. The van der Waals surface area contributed by atoms with Crippen molar-refractivity contribution < 1.29 is 4.92 Å². The molecule has 2 saturated carbocycles. The summed E-state index contributed by atoms with van der Waals surface area (Å²) >= 11 is 5.98. The van der Waals surface area contributed by atoms with E-state index >= 15 is 0 Å². The van der Waals surface area contributed by atoms with Crippen molar-refractivity contribution in [2.24, 2.45) is 5.92 Å². The third-order valence-electron chi connectivity index (χ3n) is 3.60. The highest BCUT2D eigenvalue weighted by Crippen LogP contribution is 2.43. The number of halogens is 1. The van der Waals surface area contributed by atoms with Crippen LogP contribution in [-0.2, 0) is 0 Å². The van der Waals surface area contributed by atoms with E-state index in [0.29, 0.717) is 17.6 Å².